The van der Waals surface area contributed by atoms with Crippen LogP contribution >= 0.6 is 0 Å². The van der Waals surface area contributed by atoms with E-state index in [2.05, 4.69) is 10.3 Å². The van der Waals surface area contributed by atoms with Gasteiger partial charge in [-0.15, -0.1) is 0 Å². The Morgan fingerprint density at radius 2 is 2.06 bits per heavy atom. The third kappa shape index (κ3) is 3.39. The van der Waals surface area contributed by atoms with Crippen molar-refractivity contribution in [3.63, 3.8) is 0 Å². The fourth-order valence-electron chi connectivity index (χ4n) is 3.96. The Kier molecular flexibility index (Phi) is 4.61. The van der Waals surface area contributed by atoms with Gasteiger partial charge in [-0.25, -0.2) is 9.59 Å². The molecule has 1 N–H and O–H groups in total. The van der Waals surface area contributed by atoms with Gasteiger partial charge in [-0.3, -0.25) is 19.6 Å². The normalized spacial score (nSPS) is 21.7. The highest BCUT2D eigenvalue weighted by Gasteiger charge is 2.46. The summed E-state index contributed by atoms with van der Waals surface area (Å²) in [5.74, 6) is 0.372. The topological polar surface area (TPSA) is 110 Å². The molecular formula is C21H20N4O6. The molecule has 2 fully saturated rings. The number of carbonyl (C=O) groups excluding carboxylic acids is 3. The number of hydrogen-bond donors (Lipinski definition) is 1. The van der Waals surface area contributed by atoms with Crippen molar-refractivity contribution in [3.05, 3.63) is 36.5 Å². The Balaban J connectivity index is 1.37. The number of hydrogen-bond acceptors (Lipinski definition) is 7. The summed E-state index contributed by atoms with van der Waals surface area (Å²) in [7, 11) is 0. The first-order valence-electron chi connectivity index (χ1n) is 9.93. The first-order valence-corrected chi connectivity index (χ1v) is 9.93. The summed E-state index contributed by atoms with van der Waals surface area (Å²) in [4.78, 5) is 42.9. The molecule has 2 aromatic rings. The Morgan fingerprint density at radius 1 is 1.19 bits per heavy atom. The van der Waals surface area contributed by atoms with Crippen molar-refractivity contribution in [2.24, 2.45) is 0 Å². The summed E-state index contributed by atoms with van der Waals surface area (Å²) >= 11 is 0. The smallest absolute Gasteiger partial charge is 0.415 e. The lowest BCUT2D eigenvalue weighted by atomic mass is 10.1. The number of ether oxygens (including phenoxy) is 3. The fourth-order valence-corrected chi connectivity index (χ4v) is 3.96. The molecule has 3 aliphatic heterocycles. The summed E-state index contributed by atoms with van der Waals surface area (Å²) in [5.41, 5.74) is 2.81. The van der Waals surface area contributed by atoms with Gasteiger partial charge in [0, 0.05) is 12.5 Å². The number of pyridine rings is 1. The number of rotatable bonds is 4. The van der Waals surface area contributed by atoms with Gasteiger partial charge < -0.3 is 19.5 Å². The van der Waals surface area contributed by atoms with E-state index in [4.69, 9.17) is 14.2 Å². The molecule has 10 heteroatoms. The lowest BCUT2D eigenvalue weighted by molar-refractivity contribution is -0.119. The largest absolute Gasteiger partial charge is 0.489 e. The van der Waals surface area contributed by atoms with Crippen LogP contribution in [-0.4, -0.2) is 61.5 Å². The maximum Gasteiger partial charge on any atom is 0.415 e. The van der Waals surface area contributed by atoms with Crippen molar-refractivity contribution in [2.75, 3.05) is 36.1 Å². The predicted molar refractivity (Wildman–Crippen MR) is 109 cm³/mol. The van der Waals surface area contributed by atoms with Crippen molar-refractivity contribution in [2.45, 2.75) is 19.1 Å². The Bertz CT molecular complexity index is 1060. The zero-order valence-corrected chi connectivity index (χ0v) is 16.7. The number of anilines is 2. The minimum absolute atomic E-state index is 0.184. The van der Waals surface area contributed by atoms with Gasteiger partial charge >= 0.3 is 12.2 Å². The summed E-state index contributed by atoms with van der Waals surface area (Å²) in [6.07, 6.45) is 0.317. The van der Waals surface area contributed by atoms with E-state index in [9.17, 15) is 14.4 Å². The fraction of sp³-hybridized carbons (Fsp3) is 0.333. The molecule has 2 saturated heterocycles. The van der Waals surface area contributed by atoms with E-state index in [1.165, 1.54) is 11.8 Å². The number of carbonyl (C=O) groups is 3. The highest BCUT2D eigenvalue weighted by atomic mass is 16.6. The molecular weight excluding hydrogens is 404 g/mol. The number of cyclic esters (lactones) is 2. The van der Waals surface area contributed by atoms with Crippen molar-refractivity contribution in [3.8, 4) is 17.0 Å². The molecule has 31 heavy (non-hydrogen) atoms. The zero-order chi connectivity index (χ0) is 21.5. The minimum Gasteiger partial charge on any atom is -0.489 e. The van der Waals surface area contributed by atoms with E-state index in [-0.39, 0.29) is 31.2 Å². The minimum atomic E-state index is -0.476. The van der Waals surface area contributed by atoms with Gasteiger partial charge in [0.2, 0.25) is 5.91 Å². The number of aromatic nitrogens is 1. The molecule has 0 radical (unpaired) electrons. The molecule has 3 amide bonds. The summed E-state index contributed by atoms with van der Waals surface area (Å²) < 4.78 is 16.3. The first kappa shape index (κ1) is 19.2. The maximum atomic E-state index is 12.5. The second-order valence-corrected chi connectivity index (χ2v) is 7.46. The van der Waals surface area contributed by atoms with Crippen molar-refractivity contribution in [1.82, 2.24) is 10.3 Å². The number of nitrogens with zero attached hydrogens (tertiary/aromatic N) is 3. The van der Waals surface area contributed by atoms with Crippen LogP contribution in [-0.2, 0) is 14.3 Å². The third-order valence-corrected chi connectivity index (χ3v) is 5.51. The molecule has 1 aromatic heterocycles. The van der Waals surface area contributed by atoms with Crippen LogP contribution in [0.25, 0.3) is 11.3 Å². The number of benzene rings is 1. The monoisotopic (exact) mass is 424 g/mol. The van der Waals surface area contributed by atoms with Gasteiger partial charge in [0.15, 0.2) is 0 Å². The zero-order valence-electron chi connectivity index (χ0n) is 16.7. The van der Waals surface area contributed by atoms with Crippen molar-refractivity contribution < 1.29 is 28.6 Å². The molecule has 0 aliphatic carbocycles. The van der Waals surface area contributed by atoms with E-state index in [0.717, 1.165) is 5.56 Å². The summed E-state index contributed by atoms with van der Waals surface area (Å²) in [5, 5.41) is 2.68. The number of fused-ring (bicyclic) bond motifs is 3. The molecule has 4 heterocycles. The average Bonchev–Trinajstić information content (AvgIpc) is 3.35. The molecule has 2 atom stereocenters. The van der Waals surface area contributed by atoms with Gasteiger partial charge in [0.1, 0.15) is 31.1 Å². The number of amides is 3. The molecule has 160 valence electrons. The average molecular weight is 424 g/mol. The third-order valence-electron chi connectivity index (χ3n) is 5.51. The van der Waals surface area contributed by atoms with Crippen LogP contribution in [0.2, 0.25) is 0 Å². The molecule has 1 aromatic carbocycles. The Hall–Kier alpha value is -3.82. The van der Waals surface area contributed by atoms with Crippen LogP contribution in [0.3, 0.4) is 0 Å². The van der Waals surface area contributed by atoms with Gasteiger partial charge in [-0.2, -0.15) is 0 Å². The van der Waals surface area contributed by atoms with E-state index in [1.807, 2.05) is 24.3 Å². The molecule has 0 spiro atoms. The summed E-state index contributed by atoms with van der Waals surface area (Å²) in [6, 6.07) is 8.80. The van der Waals surface area contributed by atoms with Gasteiger partial charge in [-0.05, 0) is 24.3 Å². The molecule has 10 nitrogen and oxygen atoms in total. The highest BCUT2D eigenvalue weighted by Crippen LogP contribution is 2.40. The molecule has 3 aliphatic rings. The molecule has 0 bridgehead atoms. The second kappa shape index (κ2) is 7.46. The standard InChI is InChI=1S/C21H20N4O6/c1-12(26)22-10-19-17-11-30-18-8-13(2-5-16(18)25(17)21(28)31-19)15-4-3-14(9-23-15)24-6-7-29-20(24)27/h2-5,8-9,17,19H,6-7,10-11H2,1H3,(H,22,26)/t17-,19-/m0/s1. The second-order valence-electron chi connectivity index (χ2n) is 7.46. The quantitative estimate of drug-likeness (QED) is 0.798. The van der Waals surface area contributed by atoms with Gasteiger partial charge in [-0.1, -0.05) is 6.07 Å². The Morgan fingerprint density at radius 3 is 2.77 bits per heavy atom. The van der Waals surface area contributed by atoms with Crippen LogP contribution in [0, 0.1) is 0 Å². The summed E-state index contributed by atoms with van der Waals surface area (Å²) in [6.45, 7) is 2.78. The predicted octanol–water partition coefficient (Wildman–Crippen LogP) is 1.93. The van der Waals surface area contributed by atoms with Crippen LogP contribution in [0.4, 0.5) is 21.0 Å². The van der Waals surface area contributed by atoms with Crippen LogP contribution < -0.4 is 19.9 Å². The van der Waals surface area contributed by atoms with Crippen molar-refractivity contribution in [1.29, 1.82) is 0 Å². The van der Waals surface area contributed by atoms with E-state index >= 15 is 0 Å². The first-order chi connectivity index (χ1) is 15.0. The molecule has 5 rings (SSSR count). The lowest BCUT2D eigenvalue weighted by Gasteiger charge is -2.31. The molecule has 0 saturated carbocycles. The maximum absolute atomic E-state index is 12.5. The van der Waals surface area contributed by atoms with Crippen LogP contribution in [0.15, 0.2) is 36.5 Å². The van der Waals surface area contributed by atoms with Crippen LogP contribution in [0.1, 0.15) is 6.92 Å². The SMILES string of the molecule is CC(=O)NC[C@@H]1OC(=O)N2c3ccc(-c4ccc(N5CCOC5=O)cn4)cc3OC[C@@H]12. The van der Waals surface area contributed by atoms with E-state index in [0.29, 0.717) is 36.0 Å². The number of nitrogens with one attached hydrogen (secondary N) is 1. The Labute approximate surface area is 177 Å². The van der Waals surface area contributed by atoms with Crippen LogP contribution in [0.5, 0.6) is 5.75 Å². The van der Waals surface area contributed by atoms with Crippen molar-refractivity contribution >= 4 is 29.5 Å². The van der Waals surface area contributed by atoms with Gasteiger partial charge in [0.05, 0.1) is 36.4 Å². The van der Waals surface area contributed by atoms with E-state index < -0.39 is 12.2 Å². The lowest BCUT2D eigenvalue weighted by Crippen LogP contribution is -2.47. The molecule has 0 unspecified atom stereocenters. The van der Waals surface area contributed by atoms with Gasteiger partial charge in [0.25, 0.3) is 0 Å². The highest BCUT2D eigenvalue weighted by molar-refractivity contribution is 5.94. The van der Waals surface area contributed by atoms with E-state index in [1.54, 1.807) is 17.2 Å².